The highest BCUT2D eigenvalue weighted by Gasteiger charge is 2.14. The predicted octanol–water partition coefficient (Wildman–Crippen LogP) is 2.91. The minimum Gasteiger partial charge on any atom is -0.332 e. The predicted molar refractivity (Wildman–Crippen MR) is 107 cm³/mol. The number of nitrogens with one attached hydrogen (secondary N) is 1. The molecule has 4 rings (SSSR count). The van der Waals surface area contributed by atoms with Gasteiger partial charge < -0.3 is 9.84 Å². The monoisotopic (exact) mass is 387 g/mol. The van der Waals surface area contributed by atoms with Gasteiger partial charge in [-0.3, -0.25) is 9.59 Å². The van der Waals surface area contributed by atoms with Crippen LogP contribution in [0.15, 0.2) is 76.0 Å². The molecule has 0 saturated heterocycles. The highest BCUT2D eigenvalue weighted by molar-refractivity contribution is 5.90. The molecule has 0 bridgehead atoms. The lowest BCUT2D eigenvalue weighted by Gasteiger charge is -2.07. The second-order valence-corrected chi connectivity index (χ2v) is 6.42. The van der Waals surface area contributed by atoms with E-state index >= 15 is 0 Å². The van der Waals surface area contributed by atoms with Gasteiger partial charge in [-0.05, 0) is 30.7 Å². The summed E-state index contributed by atoms with van der Waals surface area (Å²) in [5.41, 5.74) is 2.38. The molecule has 0 aliphatic carbocycles. The molecule has 2 aromatic heterocycles. The van der Waals surface area contributed by atoms with Gasteiger partial charge in [-0.2, -0.15) is 10.1 Å². The Morgan fingerprint density at radius 1 is 1.07 bits per heavy atom. The first-order valence-electron chi connectivity index (χ1n) is 8.93. The van der Waals surface area contributed by atoms with Crippen LogP contribution in [-0.4, -0.2) is 25.8 Å². The van der Waals surface area contributed by atoms with Crippen molar-refractivity contribution < 1.29 is 9.32 Å². The maximum Gasteiger partial charge on any atom is 0.278 e. The van der Waals surface area contributed by atoms with Gasteiger partial charge >= 0.3 is 0 Å². The van der Waals surface area contributed by atoms with E-state index in [1.165, 1.54) is 12.1 Å². The summed E-state index contributed by atoms with van der Waals surface area (Å²) in [5, 5.41) is 10.9. The van der Waals surface area contributed by atoms with E-state index in [0.29, 0.717) is 17.2 Å². The molecule has 0 unspecified atom stereocenters. The third kappa shape index (κ3) is 4.27. The Morgan fingerprint density at radius 2 is 1.90 bits per heavy atom. The van der Waals surface area contributed by atoms with Crippen LogP contribution in [0.5, 0.6) is 0 Å². The summed E-state index contributed by atoms with van der Waals surface area (Å²) in [6.07, 6.45) is 0. The van der Waals surface area contributed by atoms with E-state index < -0.39 is 5.56 Å². The quantitative estimate of drug-likeness (QED) is 0.565. The van der Waals surface area contributed by atoms with Crippen LogP contribution < -0.4 is 10.9 Å². The lowest BCUT2D eigenvalue weighted by molar-refractivity contribution is -0.117. The fourth-order valence-electron chi connectivity index (χ4n) is 2.77. The summed E-state index contributed by atoms with van der Waals surface area (Å²) in [6, 6.07) is 19.5. The summed E-state index contributed by atoms with van der Waals surface area (Å²) < 4.78 is 6.34. The van der Waals surface area contributed by atoms with Crippen molar-refractivity contribution >= 4 is 11.6 Å². The number of carbonyl (C=O) groups excluding carboxylic acids is 1. The zero-order chi connectivity index (χ0) is 20.2. The Labute approximate surface area is 165 Å². The standard InChI is InChI=1S/C21H17N5O3/c1-14-6-5-9-16(12-14)22-18(27)13-26-19(28)11-10-17(24-26)21-23-20(25-29-21)15-7-3-2-4-8-15/h2-12H,13H2,1H3,(H,22,27). The van der Waals surface area contributed by atoms with Crippen molar-refractivity contribution in [2.75, 3.05) is 5.32 Å². The molecule has 144 valence electrons. The van der Waals surface area contributed by atoms with Crippen LogP contribution in [0, 0.1) is 6.92 Å². The molecule has 29 heavy (non-hydrogen) atoms. The number of benzene rings is 2. The molecule has 0 fully saturated rings. The number of rotatable bonds is 5. The Hall–Kier alpha value is -4.07. The van der Waals surface area contributed by atoms with Crippen molar-refractivity contribution in [2.24, 2.45) is 0 Å². The number of anilines is 1. The summed E-state index contributed by atoms with van der Waals surface area (Å²) in [4.78, 5) is 28.8. The summed E-state index contributed by atoms with van der Waals surface area (Å²) in [6.45, 7) is 1.69. The van der Waals surface area contributed by atoms with Crippen molar-refractivity contribution in [3.63, 3.8) is 0 Å². The van der Waals surface area contributed by atoms with Crippen LogP contribution in [0.4, 0.5) is 5.69 Å². The van der Waals surface area contributed by atoms with Gasteiger partial charge in [-0.25, -0.2) is 4.68 Å². The highest BCUT2D eigenvalue weighted by atomic mass is 16.5. The molecule has 0 atom stereocenters. The number of nitrogens with zero attached hydrogens (tertiary/aromatic N) is 4. The van der Waals surface area contributed by atoms with Gasteiger partial charge in [0.15, 0.2) is 0 Å². The maximum atomic E-state index is 12.3. The van der Waals surface area contributed by atoms with E-state index in [4.69, 9.17) is 4.52 Å². The number of aromatic nitrogens is 4. The van der Waals surface area contributed by atoms with Crippen molar-refractivity contribution in [1.82, 2.24) is 19.9 Å². The summed E-state index contributed by atoms with van der Waals surface area (Å²) in [7, 11) is 0. The largest absolute Gasteiger partial charge is 0.332 e. The van der Waals surface area contributed by atoms with Crippen LogP contribution in [-0.2, 0) is 11.3 Å². The molecular weight excluding hydrogens is 370 g/mol. The topological polar surface area (TPSA) is 103 Å². The highest BCUT2D eigenvalue weighted by Crippen LogP contribution is 2.19. The smallest absolute Gasteiger partial charge is 0.278 e. The SMILES string of the molecule is Cc1cccc(NC(=O)Cn2nc(-c3nc(-c4ccccc4)no3)ccc2=O)c1. The molecule has 0 aliphatic rings. The number of amides is 1. The van der Waals surface area contributed by atoms with E-state index in [0.717, 1.165) is 15.8 Å². The third-order valence-corrected chi connectivity index (χ3v) is 4.14. The van der Waals surface area contributed by atoms with E-state index in [9.17, 15) is 9.59 Å². The van der Waals surface area contributed by atoms with Gasteiger partial charge in [-0.1, -0.05) is 47.6 Å². The van der Waals surface area contributed by atoms with Gasteiger partial charge in [-0.15, -0.1) is 0 Å². The lowest BCUT2D eigenvalue weighted by Crippen LogP contribution is -2.29. The minimum atomic E-state index is -0.407. The van der Waals surface area contributed by atoms with Crippen LogP contribution >= 0.6 is 0 Å². The van der Waals surface area contributed by atoms with Crippen LogP contribution in [0.2, 0.25) is 0 Å². The number of carbonyl (C=O) groups is 1. The lowest BCUT2D eigenvalue weighted by atomic mass is 10.2. The first-order chi connectivity index (χ1) is 14.1. The molecule has 8 heteroatoms. The van der Waals surface area contributed by atoms with Crippen LogP contribution in [0.1, 0.15) is 5.56 Å². The van der Waals surface area contributed by atoms with E-state index in [1.807, 2.05) is 55.5 Å². The molecule has 0 saturated carbocycles. The van der Waals surface area contributed by atoms with Gasteiger partial charge in [0.1, 0.15) is 12.2 Å². The molecule has 2 heterocycles. The van der Waals surface area contributed by atoms with Gasteiger partial charge in [0, 0.05) is 17.3 Å². The number of hydrogen-bond donors (Lipinski definition) is 1. The molecule has 0 radical (unpaired) electrons. The van der Waals surface area contributed by atoms with Crippen LogP contribution in [0.25, 0.3) is 23.0 Å². The van der Waals surface area contributed by atoms with Gasteiger partial charge in [0.05, 0.1) is 0 Å². The Kier molecular flexibility index (Phi) is 4.98. The molecule has 0 aliphatic heterocycles. The molecule has 2 aromatic carbocycles. The van der Waals surface area contributed by atoms with Gasteiger partial charge in [0.25, 0.3) is 11.4 Å². The van der Waals surface area contributed by atoms with Crippen LogP contribution in [0.3, 0.4) is 0 Å². The molecular formula is C21H17N5O3. The second kappa shape index (κ2) is 7.89. The number of hydrogen-bond acceptors (Lipinski definition) is 6. The fraction of sp³-hybridized carbons (Fsp3) is 0.0952. The molecule has 4 aromatic rings. The summed E-state index contributed by atoms with van der Waals surface area (Å²) in [5.74, 6) is 0.215. The minimum absolute atomic E-state index is 0.164. The average molecular weight is 387 g/mol. The van der Waals surface area contributed by atoms with E-state index in [2.05, 4.69) is 20.6 Å². The van der Waals surface area contributed by atoms with Gasteiger partial charge in [0.2, 0.25) is 11.7 Å². The molecule has 0 spiro atoms. The van der Waals surface area contributed by atoms with E-state index in [-0.39, 0.29) is 18.3 Å². The zero-order valence-electron chi connectivity index (χ0n) is 15.6. The summed E-state index contributed by atoms with van der Waals surface area (Å²) >= 11 is 0. The average Bonchev–Trinajstić information content (AvgIpc) is 3.20. The normalized spacial score (nSPS) is 10.7. The Balaban J connectivity index is 1.54. The number of aryl methyl sites for hydroxylation is 1. The second-order valence-electron chi connectivity index (χ2n) is 6.42. The molecule has 1 N–H and O–H groups in total. The van der Waals surface area contributed by atoms with E-state index in [1.54, 1.807) is 6.07 Å². The maximum absolute atomic E-state index is 12.3. The first kappa shape index (κ1) is 18.3. The van der Waals surface area contributed by atoms with Crippen molar-refractivity contribution in [1.29, 1.82) is 0 Å². The Bertz CT molecular complexity index is 1210. The molecule has 1 amide bonds. The van der Waals surface area contributed by atoms with Crippen molar-refractivity contribution in [2.45, 2.75) is 13.5 Å². The fourth-order valence-corrected chi connectivity index (χ4v) is 2.77. The van der Waals surface area contributed by atoms with Crippen molar-refractivity contribution in [3.8, 4) is 23.0 Å². The zero-order valence-corrected chi connectivity index (χ0v) is 15.6. The molecule has 8 nitrogen and oxygen atoms in total. The third-order valence-electron chi connectivity index (χ3n) is 4.14. The first-order valence-corrected chi connectivity index (χ1v) is 8.93. The Morgan fingerprint density at radius 3 is 2.69 bits per heavy atom. The van der Waals surface area contributed by atoms with Crippen molar-refractivity contribution in [3.05, 3.63) is 82.6 Å².